The zero-order valence-corrected chi connectivity index (χ0v) is 57.7. The minimum atomic E-state index is -1.98. The molecule has 0 aromatic rings. The lowest BCUT2D eigenvalue weighted by molar-refractivity contribution is -0.379. The minimum Gasteiger partial charge on any atom is -0.394 e. The fourth-order valence-corrected chi connectivity index (χ4v) is 12.1. The molecular formula is C75H131NO18. The maximum Gasteiger partial charge on any atom is 0.220 e. The van der Waals surface area contributed by atoms with E-state index in [-0.39, 0.29) is 18.9 Å². The van der Waals surface area contributed by atoms with E-state index in [0.29, 0.717) is 12.8 Å². The van der Waals surface area contributed by atoms with Gasteiger partial charge in [-0.1, -0.05) is 259 Å². The molecule has 0 saturated carbocycles. The molecule has 19 heteroatoms. The number of amides is 1. The van der Waals surface area contributed by atoms with Gasteiger partial charge >= 0.3 is 0 Å². The van der Waals surface area contributed by atoms with E-state index in [1.807, 2.05) is 0 Å². The molecule has 3 aliphatic rings. The van der Waals surface area contributed by atoms with Gasteiger partial charge < -0.3 is 89.9 Å². The van der Waals surface area contributed by atoms with Crippen LogP contribution >= 0.6 is 0 Å². The Balaban J connectivity index is 1.40. The molecule has 3 saturated heterocycles. The predicted octanol–water partition coefficient (Wildman–Crippen LogP) is 10.7. The number of aliphatic hydroxyl groups excluding tert-OH is 11. The second-order valence-electron chi connectivity index (χ2n) is 26.0. The molecule has 544 valence electrons. The van der Waals surface area contributed by atoms with Crippen LogP contribution in [0.1, 0.15) is 251 Å². The number of hydrogen-bond donors (Lipinski definition) is 12. The molecule has 3 fully saturated rings. The molecule has 17 unspecified atom stereocenters. The van der Waals surface area contributed by atoms with E-state index in [0.717, 1.165) is 103 Å². The number of carbonyl (C=O) groups excluding carboxylic acids is 1. The van der Waals surface area contributed by atoms with Gasteiger partial charge in [0.05, 0.1) is 38.6 Å². The average Bonchev–Trinajstić information content (AvgIpc) is 0.787. The third-order valence-electron chi connectivity index (χ3n) is 18.0. The first-order valence-electron chi connectivity index (χ1n) is 36.8. The number of unbranched alkanes of at least 4 members (excludes halogenated alkanes) is 26. The lowest BCUT2D eigenvalue weighted by Crippen LogP contribution is -2.66. The van der Waals surface area contributed by atoms with Crippen LogP contribution in [0.5, 0.6) is 0 Å². The normalized spacial score (nSPS) is 27.9. The maximum absolute atomic E-state index is 13.5. The Kier molecular flexibility index (Phi) is 50.6. The summed E-state index contributed by atoms with van der Waals surface area (Å²) < 4.78 is 34.4. The van der Waals surface area contributed by atoms with Crippen molar-refractivity contribution >= 4 is 5.91 Å². The van der Waals surface area contributed by atoms with Gasteiger partial charge in [0.1, 0.15) is 73.2 Å². The molecule has 0 spiro atoms. The van der Waals surface area contributed by atoms with Crippen LogP contribution in [-0.4, -0.2) is 193 Å². The van der Waals surface area contributed by atoms with Crippen molar-refractivity contribution in [3.05, 3.63) is 85.1 Å². The molecule has 0 bridgehead atoms. The van der Waals surface area contributed by atoms with Crippen molar-refractivity contribution in [2.75, 3.05) is 26.4 Å². The molecule has 3 rings (SSSR count). The third-order valence-corrected chi connectivity index (χ3v) is 18.0. The van der Waals surface area contributed by atoms with Gasteiger partial charge in [-0.15, -0.1) is 0 Å². The molecule has 17 atom stereocenters. The molecule has 0 aromatic carbocycles. The van der Waals surface area contributed by atoms with Crippen LogP contribution in [0.4, 0.5) is 0 Å². The Labute approximate surface area is 565 Å². The van der Waals surface area contributed by atoms with Crippen LogP contribution < -0.4 is 5.32 Å². The first-order chi connectivity index (χ1) is 45.8. The Morgan fingerprint density at radius 3 is 1.15 bits per heavy atom. The predicted molar refractivity (Wildman–Crippen MR) is 369 cm³/mol. The van der Waals surface area contributed by atoms with Crippen molar-refractivity contribution in [2.24, 2.45) is 0 Å². The Hall–Kier alpha value is -3.03. The fraction of sp³-hybridized carbons (Fsp3) is 0.800. The number of aliphatic hydroxyl groups is 11. The highest BCUT2D eigenvalue weighted by molar-refractivity contribution is 5.76. The van der Waals surface area contributed by atoms with Gasteiger partial charge in [-0.3, -0.25) is 4.79 Å². The first kappa shape index (κ1) is 85.2. The van der Waals surface area contributed by atoms with Crippen LogP contribution in [0.2, 0.25) is 0 Å². The summed E-state index contributed by atoms with van der Waals surface area (Å²) in [7, 11) is 0. The highest BCUT2D eigenvalue weighted by Crippen LogP contribution is 2.33. The molecule has 94 heavy (non-hydrogen) atoms. The third kappa shape index (κ3) is 36.7. The lowest BCUT2D eigenvalue weighted by Gasteiger charge is -2.48. The van der Waals surface area contributed by atoms with Crippen LogP contribution in [0.15, 0.2) is 85.1 Å². The van der Waals surface area contributed by atoms with Crippen molar-refractivity contribution in [2.45, 2.75) is 356 Å². The summed E-state index contributed by atoms with van der Waals surface area (Å²) in [5.41, 5.74) is 0. The van der Waals surface area contributed by atoms with Crippen molar-refractivity contribution in [1.82, 2.24) is 5.32 Å². The maximum atomic E-state index is 13.5. The molecule has 0 aromatic heterocycles. The topological polar surface area (TPSA) is 307 Å². The highest BCUT2D eigenvalue weighted by Gasteiger charge is 2.53. The zero-order chi connectivity index (χ0) is 68.2. The summed E-state index contributed by atoms with van der Waals surface area (Å²) in [4.78, 5) is 13.5. The van der Waals surface area contributed by atoms with Gasteiger partial charge in [0.2, 0.25) is 5.91 Å². The van der Waals surface area contributed by atoms with E-state index in [9.17, 15) is 61.0 Å². The smallest absolute Gasteiger partial charge is 0.220 e. The quantitative estimate of drug-likeness (QED) is 0.0199. The Morgan fingerprint density at radius 2 is 0.734 bits per heavy atom. The zero-order valence-electron chi connectivity index (χ0n) is 57.7. The summed E-state index contributed by atoms with van der Waals surface area (Å²) in [5.74, 6) is -0.251. The number of carbonyl (C=O) groups is 1. The second kappa shape index (κ2) is 55.8. The van der Waals surface area contributed by atoms with Gasteiger partial charge in [-0.25, -0.2) is 0 Å². The highest BCUT2D eigenvalue weighted by atomic mass is 16.8. The number of nitrogens with one attached hydrogen (secondary N) is 1. The van der Waals surface area contributed by atoms with Gasteiger partial charge in [-0.05, 0) is 70.6 Å². The SMILES string of the molecule is CC/C=C\C/C=C\C/C=C\C/C=C\C/C=C\C/C=C\C/C=C\CCCCCCCCCCCC(=O)NC(COC1OC(CO)C(OC2OC(CO)C(OC3OC(CO)C(O)C(O)C3O)C(O)C2O)C(O)C1O)C(O)CCCCCCCCCCCCCCCCCCCC. The fourth-order valence-electron chi connectivity index (χ4n) is 12.1. The minimum absolute atomic E-state index is 0.251. The number of rotatable bonds is 56. The first-order valence-corrected chi connectivity index (χ1v) is 36.8. The van der Waals surface area contributed by atoms with E-state index < -0.39 is 124 Å². The van der Waals surface area contributed by atoms with Crippen LogP contribution in [0, 0.1) is 0 Å². The largest absolute Gasteiger partial charge is 0.394 e. The molecular weight excluding hydrogens is 1200 g/mol. The second-order valence-corrected chi connectivity index (χ2v) is 26.0. The van der Waals surface area contributed by atoms with Crippen molar-refractivity contribution in [3.63, 3.8) is 0 Å². The van der Waals surface area contributed by atoms with E-state index in [1.54, 1.807) is 0 Å². The molecule has 0 aliphatic carbocycles. The lowest BCUT2D eigenvalue weighted by atomic mass is 9.96. The number of ether oxygens (including phenoxy) is 6. The summed E-state index contributed by atoms with van der Waals surface area (Å²) in [6.45, 7) is 1.69. The van der Waals surface area contributed by atoms with E-state index in [1.165, 1.54) is 116 Å². The summed E-state index contributed by atoms with van der Waals surface area (Å²) in [6.07, 6.45) is 45.1. The Morgan fingerprint density at radius 1 is 0.394 bits per heavy atom. The number of hydrogen-bond acceptors (Lipinski definition) is 18. The van der Waals surface area contributed by atoms with Gasteiger partial charge in [0, 0.05) is 6.42 Å². The van der Waals surface area contributed by atoms with Crippen LogP contribution in [0.3, 0.4) is 0 Å². The molecule has 12 N–H and O–H groups in total. The number of allylic oxidation sites excluding steroid dienone is 14. The van der Waals surface area contributed by atoms with Gasteiger partial charge in [0.15, 0.2) is 18.9 Å². The monoisotopic (exact) mass is 1330 g/mol. The van der Waals surface area contributed by atoms with E-state index >= 15 is 0 Å². The van der Waals surface area contributed by atoms with Crippen LogP contribution in [0.25, 0.3) is 0 Å². The molecule has 0 radical (unpaired) electrons. The van der Waals surface area contributed by atoms with E-state index in [4.69, 9.17) is 28.4 Å². The molecule has 1 amide bonds. The summed E-state index contributed by atoms with van der Waals surface area (Å²) >= 11 is 0. The molecule has 3 aliphatic heterocycles. The average molecular weight is 1330 g/mol. The van der Waals surface area contributed by atoms with Crippen molar-refractivity contribution in [3.8, 4) is 0 Å². The van der Waals surface area contributed by atoms with Crippen molar-refractivity contribution < 1.29 is 89.4 Å². The van der Waals surface area contributed by atoms with Crippen molar-refractivity contribution in [1.29, 1.82) is 0 Å². The summed E-state index contributed by atoms with van der Waals surface area (Å²) in [6, 6.07) is -0.897. The van der Waals surface area contributed by atoms with Crippen LogP contribution in [-0.2, 0) is 33.2 Å². The van der Waals surface area contributed by atoms with E-state index in [2.05, 4.69) is 104 Å². The van der Waals surface area contributed by atoms with Gasteiger partial charge in [-0.2, -0.15) is 0 Å². The molecule has 19 nitrogen and oxygen atoms in total. The van der Waals surface area contributed by atoms with Gasteiger partial charge in [0.25, 0.3) is 0 Å². The Bertz CT molecular complexity index is 2030. The summed E-state index contributed by atoms with van der Waals surface area (Å²) in [5, 5.41) is 121. The standard InChI is InChI=1S/C75H131NO18/c1-3-5-7-9-11-13-15-17-19-21-23-24-25-26-27-28-29-30-31-32-33-34-35-37-39-41-43-45-47-49-51-53-63(81)76-58(59(80)52-50-48-46-44-42-40-38-36-22-20-18-16-14-12-10-8-6-4-2)57-89-73-69(87)66(84)71(61(55-78)91-73)94-75-70(88)67(85)72(62(56-79)92-75)93-74-68(86)65(83)64(82)60(54-77)90-74/h5,7,11,13,17,19,23-24,26-27,29-30,32-33,58-62,64-75,77-80,82-88H,3-4,6,8-10,12,14-16,18,20-22,25,28,31,34-57H2,1-2H3,(H,76,81)/b7-5-,13-11-,19-17-,24-23-,27-26-,30-29-,33-32-. The molecule has 3 heterocycles.